The van der Waals surface area contributed by atoms with E-state index >= 15 is 0 Å². The molecule has 4 aromatic carbocycles. The first-order valence-corrected chi connectivity index (χ1v) is 12.0. The molecule has 1 heterocycles. The van der Waals surface area contributed by atoms with Crippen molar-refractivity contribution in [2.45, 2.75) is 19.1 Å². The van der Waals surface area contributed by atoms with Gasteiger partial charge in [0, 0.05) is 29.4 Å². The predicted octanol–water partition coefficient (Wildman–Crippen LogP) is 8.27. The molecule has 1 aromatic heterocycles. The van der Waals surface area contributed by atoms with Crippen LogP contribution < -0.4 is 10.1 Å². The van der Waals surface area contributed by atoms with Crippen LogP contribution in [0.2, 0.25) is 0 Å². The predicted molar refractivity (Wildman–Crippen MR) is 142 cm³/mol. The van der Waals surface area contributed by atoms with E-state index in [-0.39, 0.29) is 11.3 Å². The number of para-hydroxylation sites is 1. The number of benzene rings is 4. The van der Waals surface area contributed by atoms with Crippen molar-refractivity contribution in [2.24, 2.45) is 0 Å². The quantitative estimate of drug-likeness (QED) is 0.221. The van der Waals surface area contributed by atoms with E-state index in [0.717, 1.165) is 28.4 Å². The number of ether oxygens (including phenoxy) is 1. The molecule has 5 rings (SSSR count). The Balaban J connectivity index is 1.59. The zero-order chi connectivity index (χ0) is 26.7. The van der Waals surface area contributed by atoms with Crippen LogP contribution in [0.5, 0.6) is 5.75 Å². The largest absolute Gasteiger partial charge is 0.496 e. The Morgan fingerprint density at radius 3 is 2.39 bits per heavy atom. The van der Waals surface area contributed by atoms with Gasteiger partial charge < -0.3 is 10.1 Å². The first kappa shape index (κ1) is 25.3. The summed E-state index contributed by atoms with van der Waals surface area (Å²) in [7, 11) is 1.52. The summed E-state index contributed by atoms with van der Waals surface area (Å²) >= 11 is 0. The summed E-state index contributed by atoms with van der Waals surface area (Å²) in [5.74, 6) is 0.186. The number of nitrogens with one attached hydrogen (secondary N) is 1. The van der Waals surface area contributed by atoms with Gasteiger partial charge in [0.2, 0.25) is 0 Å². The van der Waals surface area contributed by atoms with Crippen molar-refractivity contribution >= 4 is 16.6 Å². The van der Waals surface area contributed by atoms with Crippen LogP contribution in [0, 0.1) is 5.82 Å². The summed E-state index contributed by atoms with van der Waals surface area (Å²) in [5.41, 5.74) is 3.80. The fourth-order valence-corrected chi connectivity index (χ4v) is 4.65. The van der Waals surface area contributed by atoms with Crippen LogP contribution in [-0.2, 0) is 19.1 Å². The molecule has 0 saturated heterocycles. The van der Waals surface area contributed by atoms with E-state index in [1.54, 1.807) is 12.1 Å². The average molecular weight is 517 g/mol. The Kier molecular flexibility index (Phi) is 7.01. The number of aromatic nitrogens is 1. The van der Waals surface area contributed by atoms with E-state index in [4.69, 9.17) is 4.74 Å². The van der Waals surface area contributed by atoms with E-state index in [1.807, 2.05) is 54.6 Å². The molecule has 0 fully saturated rings. The van der Waals surface area contributed by atoms with Crippen molar-refractivity contribution in [3.63, 3.8) is 0 Å². The molecule has 5 aromatic rings. The Hall–Kier alpha value is -4.39. The van der Waals surface area contributed by atoms with E-state index in [9.17, 15) is 17.6 Å². The maximum Gasteiger partial charge on any atom is 0.418 e. The summed E-state index contributed by atoms with van der Waals surface area (Å²) in [6.07, 6.45) is -2.48. The Morgan fingerprint density at radius 2 is 1.63 bits per heavy atom. The molecular formula is C31H24F4N2O. The average Bonchev–Trinajstić information content (AvgIpc) is 2.91. The summed E-state index contributed by atoms with van der Waals surface area (Å²) in [5, 5.41) is 3.71. The molecule has 1 N–H and O–H groups in total. The van der Waals surface area contributed by atoms with E-state index in [0.29, 0.717) is 35.2 Å². The standard InChI is InChI=1S/C31H24F4N2O/c1-38-28-14-13-24(32)16-22(28)18-36-25-10-5-9-21(17-25)29-23(15-20-7-3-2-4-8-20)19-37-30-26(29)11-6-12-27(30)31(33,34)35/h2-14,16-17,19,36H,15,18H2,1H3. The van der Waals surface area contributed by atoms with Gasteiger partial charge >= 0.3 is 6.18 Å². The Morgan fingerprint density at radius 1 is 0.842 bits per heavy atom. The SMILES string of the molecule is COc1ccc(F)cc1CNc1cccc(-c2c(Cc3ccccc3)cnc3c(C(F)(F)F)cccc23)c1. The van der Waals surface area contributed by atoms with Gasteiger partial charge in [-0.05, 0) is 65.1 Å². The normalized spacial score (nSPS) is 11.5. The van der Waals surface area contributed by atoms with Crippen LogP contribution in [0.15, 0.2) is 97.2 Å². The van der Waals surface area contributed by atoms with Crippen molar-refractivity contribution in [3.8, 4) is 16.9 Å². The molecule has 0 aliphatic rings. The molecule has 0 spiro atoms. The van der Waals surface area contributed by atoms with Crippen LogP contribution in [0.25, 0.3) is 22.0 Å². The Labute approximate surface area is 217 Å². The van der Waals surface area contributed by atoms with Crippen LogP contribution >= 0.6 is 0 Å². The van der Waals surface area contributed by atoms with Crippen LogP contribution in [-0.4, -0.2) is 12.1 Å². The maximum atomic E-state index is 13.8. The fourth-order valence-electron chi connectivity index (χ4n) is 4.65. The molecule has 7 heteroatoms. The van der Waals surface area contributed by atoms with Gasteiger partial charge in [-0.3, -0.25) is 4.98 Å². The first-order valence-electron chi connectivity index (χ1n) is 12.0. The highest BCUT2D eigenvalue weighted by Gasteiger charge is 2.33. The van der Waals surface area contributed by atoms with Gasteiger partial charge in [0.1, 0.15) is 11.6 Å². The second-order valence-electron chi connectivity index (χ2n) is 8.91. The number of fused-ring (bicyclic) bond motifs is 1. The smallest absolute Gasteiger partial charge is 0.418 e. The highest BCUT2D eigenvalue weighted by atomic mass is 19.4. The van der Waals surface area contributed by atoms with E-state index < -0.39 is 11.7 Å². The van der Waals surface area contributed by atoms with E-state index in [1.165, 1.54) is 31.5 Å². The van der Waals surface area contributed by atoms with Gasteiger partial charge in [0.05, 0.1) is 18.2 Å². The lowest BCUT2D eigenvalue weighted by Crippen LogP contribution is -2.07. The third-order valence-electron chi connectivity index (χ3n) is 6.40. The van der Waals surface area contributed by atoms with Crippen LogP contribution in [0.4, 0.5) is 23.2 Å². The second kappa shape index (κ2) is 10.5. The van der Waals surface area contributed by atoms with Gasteiger partial charge in [0.25, 0.3) is 0 Å². The van der Waals surface area contributed by atoms with Gasteiger partial charge in [0.15, 0.2) is 0 Å². The molecule has 0 aliphatic carbocycles. The lowest BCUT2D eigenvalue weighted by atomic mass is 9.91. The van der Waals surface area contributed by atoms with Gasteiger partial charge in [-0.1, -0.05) is 54.6 Å². The summed E-state index contributed by atoms with van der Waals surface area (Å²) in [6.45, 7) is 0.302. The number of anilines is 1. The van der Waals surface area contributed by atoms with Crippen molar-refractivity contribution in [2.75, 3.05) is 12.4 Å². The molecule has 0 radical (unpaired) electrons. The monoisotopic (exact) mass is 516 g/mol. The summed E-state index contributed by atoms with van der Waals surface area (Å²) in [4.78, 5) is 4.27. The number of rotatable bonds is 7. The third kappa shape index (κ3) is 5.32. The van der Waals surface area contributed by atoms with Crippen molar-refractivity contribution < 1.29 is 22.3 Å². The molecule has 0 atom stereocenters. The van der Waals surface area contributed by atoms with Crippen molar-refractivity contribution in [3.05, 3.63) is 125 Å². The maximum absolute atomic E-state index is 13.8. The van der Waals surface area contributed by atoms with Crippen molar-refractivity contribution in [1.29, 1.82) is 0 Å². The highest BCUT2D eigenvalue weighted by molar-refractivity contribution is 5.98. The molecule has 38 heavy (non-hydrogen) atoms. The summed E-state index contributed by atoms with van der Waals surface area (Å²) in [6, 6.07) is 25.6. The number of hydrogen-bond acceptors (Lipinski definition) is 3. The fraction of sp³-hybridized carbons (Fsp3) is 0.129. The molecule has 0 aliphatic heterocycles. The molecule has 0 saturated carbocycles. The van der Waals surface area contributed by atoms with Gasteiger partial charge in [-0.15, -0.1) is 0 Å². The number of methoxy groups -OCH3 is 1. The topological polar surface area (TPSA) is 34.1 Å². The molecule has 0 unspecified atom stereocenters. The van der Waals surface area contributed by atoms with E-state index in [2.05, 4.69) is 10.3 Å². The Bertz CT molecular complexity index is 1580. The summed E-state index contributed by atoms with van der Waals surface area (Å²) < 4.78 is 60.6. The number of hydrogen-bond donors (Lipinski definition) is 1. The van der Waals surface area contributed by atoms with Gasteiger partial charge in [-0.25, -0.2) is 4.39 Å². The number of halogens is 4. The first-order chi connectivity index (χ1) is 18.3. The molecule has 3 nitrogen and oxygen atoms in total. The number of pyridine rings is 1. The highest BCUT2D eigenvalue weighted by Crippen LogP contribution is 2.39. The molecule has 192 valence electrons. The number of nitrogens with zero attached hydrogens (tertiary/aromatic N) is 1. The molecular weight excluding hydrogens is 492 g/mol. The zero-order valence-corrected chi connectivity index (χ0v) is 20.5. The zero-order valence-electron chi connectivity index (χ0n) is 20.5. The van der Waals surface area contributed by atoms with Gasteiger partial charge in [-0.2, -0.15) is 13.2 Å². The third-order valence-corrected chi connectivity index (χ3v) is 6.40. The minimum absolute atomic E-state index is 0.0883. The lowest BCUT2D eigenvalue weighted by molar-refractivity contribution is -0.136. The minimum Gasteiger partial charge on any atom is -0.496 e. The molecule has 0 bridgehead atoms. The number of alkyl halides is 3. The lowest BCUT2D eigenvalue weighted by Gasteiger charge is -2.17. The van der Waals surface area contributed by atoms with Crippen LogP contribution in [0.1, 0.15) is 22.3 Å². The van der Waals surface area contributed by atoms with Crippen molar-refractivity contribution in [1.82, 2.24) is 4.98 Å². The molecule has 0 amide bonds. The second-order valence-corrected chi connectivity index (χ2v) is 8.91. The minimum atomic E-state index is -4.53. The van der Waals surface area contributed by atoms with Crippen LogP contribution in [0.3, 0.4) is 0 Å².